The van der Waals surface area contributed by atoms with Gasteiger partial charge in [0.05, 0.1) is 10.8 Å². The van der Waals surface area contributed by atoms with Gasteiger partial charge >= 0.3 is 11.9 Å². The molecular formula is C22H34O4. The van der Waals surface area contributed by atoms with Crippen LogP contribution in [-0.4, -0.2) is 22.2 Å². The Morgan fingerprint density at radius 1 is 0.885 bits per heavy atom. The van der Waals surface area contributed by atoms with E-state index in [0.29, 0.717) is 32.1 Å². The van der Waals surface area contributed by atoms with Crippen molar-refractivity contribution in [1.82, 2.24) is 0 Å². The van der Waals surface area contributed by atoms with Gasteiger partial charge in [0.25, 0.3) is 0 Å². The van der Waals surface area contributed by atoms with E-state index < -0.39 is 28.2 Å². The van der Waals surface area contributed by atoms with Crippen molar-refractivity contribution in [3.8, 4) is 0 Å². The molecule has 4 nitrogen and oxygen atoms in total. The van der Waals surface area contributed by atoms with Gasteiger partial charge in [-0.25, -0.2) is 0 Å². The highest BCUT2D eigenvalue weighted by molar-refractivity contribution is 5.77. The molecule has 1 aromatic rings. The Morgan fingerprint density at radius 3 is 1.85 bits per heavy atom. The van der Waals surface area contributed by atoms with Crippen LogP contribution in [0.25, 0.3) is 0 Å². The molecule has 0 heterocycles. The highest BCUT2D eigenvalue weighted by atomic mass is 16.4. The fourth-order valence-corrected chi connectivity index (χ4v) is 4.17. The van der Waals surface area contributed by atoms with Crippen LogP contribution in [0.15, 0.2) is 30.3 Å². The minimum absolute atomic E-state index is 0.363. The third-order valence-corrected chi connectivity index (χ3v) is 6.05. The Bertz CT molecular complexity index is 602. The lowest BCUT2D eigenvalue weighted by atomic mass is 9.60. The first-order chi connectivity index (χ1) is 12.0. The number of benzene rings is 1. The van der Waals surface area contributed by atoms with Crippen LogP contribution in [0.2, 0.25) is 0 Å². The van der Waals surface area contributed by atoms with Gasteiger partial charge in [-0.05, 0) is 43.1 Å². The Morgan fingerprint density at radius 2 is 1.46 bits per heavy atom. The van der Waals surface area contributed by atoms with Gasteiger partial charge in [0.1, 0.15) is 0 Å². The maximum absolute atomic E-state index is 12.3. The lowest BCUT2D eigenvalue weighted by Crippen LogP contribution is -2.45. The van der Waals surface area contributed by atoms with Crippen LogP contribution < -0.4 is 0 Å². The fraction of sp³-hybridized carbons (Fsp3) is 0.636. The van der Waals surface area contributed by atoms with Gasteiger partial charge in [-0.3, -0.25) is 9.59 Å². The van der Waals surface area contributed by atoms with Gasteiger partial charge in [0.15, 0.2) is 0 Å². The summed E-state index contributed by atoms with van der Waals surface area (Å²) in [6.45, 7) is 9.67. The second-order valence-electron chi connectivity index (χ2n) is 8.49. The Hall–Kier alpha value is -1.84. The van der Waals surface area contributed by atoms with Crippen LogP contribution in [-0.2, 0) is 16.0 Å². The van der Waals surface area contributed by atoms with Crippen LogP contribution in [0.4, 0.5) is 0 Å². The van der Waals surface area contributed by atoms with E-state index in [9.17, 15) is 19.8 Å². The van der Waals surface area contributed by atoms with Crippen molar-refractivity contribution in [1.29, 1.82) is 0 Å². The summed E-state index contributed by atoms with van der Waals surface area (Å²) in [5.41, 5.74) is -1.33. The number of rotatable bonds is 10. The van der Waals surface area contributed by atoms with Crippen LogP contribution in [0.3, 0.4) is 0 Å². The Balaban J connectivity index is 3.23. The highest BCUT2D eigenvalue weighted by Crippen LogP contribution is 2.49. The Labute approximate surface area is 157 Å². The summed E-state index contributed by atoms with van der Waals surface area (Å²) >= 11 is 0. The molecule has 2 unspecified atom stereocenters. The molecule has 0 saturated carbocycles. The molecule has 0 aliphatic heterocycles. The van der Waals surface area contributed by atoms with Crippen molar-refractivity contribution < 1.29 is 19.8 Å². The van der Waals surface area contributed by atoms with E-state index in [2.05, 4.69) is 0 Å². The third-order valence-electron chi connectivity index (χ3n) is 6.05. The summed E-state index contributed by atoms with van der Waals surface area (Å²) in [5.74, 6) is -1.66. The summed E-state index contributed by atoms with van der Waals surface area (Å²) in [4.78, 5) is 24.4. The summed E-state index contributed by atoms with van der Waals surface area (Å²) < 4.78 is 0. The van der Waals surface area contributed by atoms with Crippen molar-refractivity contribution in [2.24, 2.45) is 16.2 Å². The van der Waals surface area contributed by atoms with Crippen LogP contribution >= 0.6 is 0 Å². The average Bonchev–Trinajstić information content (AvgIpc) is 2.55. The molecule has 0 aliphatic rings. The largest absolute Gasteiger partial charge is 0.481 e. The predicted molar refractivity (Wildman–Crippen MR) is 104 cm³/mol. The zero-order chi connectivity index (χ0) is 20.0. The minimum Gasteiger partial charge on any atom is -0.481 e. The van der Waals surface area contributed by atoms with E-state index in [1.165, 1.54) is 0 Å². The van der Waals surface area contributed by atoms with Gasteiger partial charge in [-0.15, -0.1) is 0 Å². The molecule has 0 radical (unpaired) electrons. The second kappa shape index (κ2) is 8.70. The van der Waals surface area contributed by atoms with E-state index in [1.54, 1.807) is 0 Å². The number of hydrogen-bond acceptors (Lipinski definition) is 2. The Kier molecular flexibility index (Phi) is 7.43. The summed E-state index contributed by atoms with van der Waals surface area (Å²) in [6, 6.07) is 9.63. The zero-order valence-corrected chi connectivity index (χ0v) is 16.8. The SMILES string of the molecule is CCCC(CCC(CC)(C(=O)O)C(C)(C)C)(Cc1ccccc1)C(=O)O. The molecule has 4 heteroatoms. The molecule has 0 bridgehead atoms. The summed E-state index contributed by atoms with van der Waals surface area (Å²) in [7, 11) is 0. The van der Waals surface area contributed by atoms with Gasteiger partial charge in [0, 0.05) is 0 Å². The zero-order valence-electron chi connectivity index (χ0n) is 16.8. The van der Waals surface area contributed by atoms with Crippen molar-refractivity contribution in [2.45, 2.75) is 73.1 Å². The fourth-order valence-electron chi connectivity index (χ4n) is 4.17. The van der Waals surface area contributed by atoms with Crippen molar-refractivity contribution >= 4 is 11.9 Å². The maximum atomic E-state index is 12.3. The standard InChI is InChI=1S/C22H34O4/c1-6-13-21(18(23)24,16-17-11-9-8-10-12-17)14-15-22(7-2,19(25)26)20(3,4)5/h8-12H,6-7,13-16H2,1-5H3,(H,23,24)(H,25,26). The van der Waals surface area contributed by atoms with Gasteiger partial charge in [0.2, 0.25) is 0 Å². The number of hydrogen-bond donors (Lipinski definition) is 2. The number of carboxylic acids is 2. The molecule has 0 spiro atoms. The lowest BCUT2D eigenvalue weighted by Gasteiger charge is -2.43. The molecule has 0 aromatic heterocycles. The average molecular weight is 363 g/mol. The molecule has 0 amide bonds. The molecule has 1 rings (SSSR count). The molecule has 2 N–H and O–H groups in total. The first-order valence-electron chi connectivity index (χ1n) is 9.55. The lowest BCUT2D eigenvalue weighted by molar-refractivity contribution is -0.161. The smallest absolute Gasteiger partial charge is 0.310 e. The monoisotopic (exact) mass is 362 g/mol. The third kappa shape index (κ3) is 4.66. The second-order valence-corrected chi connectivity index (χ2v) is 8.49. The highest BCUT2D eigenvalue weighted by Gasteiger charge is 2.49. The van der Waals surface area contributed by atoms with E-state index in [-0.39, 0.29) is 0 Å². The quantitative estimate of drug-likeness (QED) is 0.584. The van der Waals surface area contributed by atoms with E-state index in [0.717, 1.165) is 12.0 Å². The number of carboxylic acid groups (broad SMARTS) is 2. The van der Waals surface area contributed by atoms with Gasteiger partial charge in [-0.1, -0.05) is 71.4 Å². The van der Waals surface area contributed by atoms with Crippen LogP contribution in [0.5, 0.6) is 0 Å². The van der Waals surface area contributed by atoms with Gasteiger partial charge < -0.3 is 10.2 Å². The van der Waals surface area contributed by atoms with Crippen LogP contribution in [0.1, 0.15) is 72.3 Å². The normalized spacial score (nSPS) is 16.5. The van der Waals surface area contributed by atoms with E-state index in [1.807, 2.05) is 65.0 Å². The molecule has 1 aromatic carbocycles. The summed E-state index contributed by atoms with van der Waals surface area (Å²) in [6.07, 6.45) is 2.94. The van der Waals surface area contributed by atoms with E-state index in [4.69, 9.17) is 0 Å². The summed E-state index contributed by atoms with van der Waals surface area (Å²) in [5, 5.41) is 20.0. The van der Waals surface area contributed by atoms with Gasteiger partial charge in [-0.2, -0.15) is 0 Å². The van der Waals surface area contributed by atoms with Crippen molar-refractivity contribution in [2.75, 3.05) is 0 Å². The van der Waals surface area contributed by atoms with Crippen molar-refractivity contribution in [3.63, 3.8) is 0 Å². The molecule has 146 valence electrons. The molecule has 0 saturated heterocycles. The maximum Gasteiger partial charge on any atom is 0.310 e. The van der Waals surface area contributed by atoms with Crippen molar-refractivity contribution in [3.05, 3.63) is 35.9 Å². The topological polar surface area (TPSA) is 74.6 Å². The first kappa shape index (κ1) is 22.2. The minimum atomic E-state index is -0.933. The molecule has 0 aliphatic carbocycles. The predicted octanol–water partition coefficient (Wildman–Crippen LogP) is 5.41. The molecule has 2 atom stereocenters. The molecule has 0 fully saturated rings. The first-order valence-corrected chi connectivity index (χ1v) is 9.55. The number of carbonyl (C=O) groups is 2. The van der Waals surface area contributed by atoms with E-state index >= 15 is 0 Å². The molecule has 26 heavy (non-hydrogen) atoms. The number of aliphatic carboxylic acids is 2. The molecular weight excluding hydrogens is 328 g/mol. The van der Waals surface area contributed by atoms with Crippen LogP contribution in [0, 0.1) is 16.2 Å².